The van der Waals surface area contributed by atoms with Crippen LogP contribution in [0.15, 0.2) is 42.1 Å². The highest BCUT2D eigenvalue weighted by molar-refractivity contribution is 7.84. The fourth-order valence-electron chi connectivity index (χ4n) is 4.47. The SMILES string of the molecule is CS(=O)c1nc(N2CCC(C(CC#N)n3cc(-c4ncnc5[nH]ccc45)cn3)C2)c(F)cc1F. The molecule has 4 aromatic rings. The Hall–Kier alpha value is -3.72. The normalized spacial score (nSPS) is 17.7. The number of anilines is 1. The van der Waals surface area contributed by atoms with Gasteiger partial charge in [-0.1, -0.05) is 0 Å². The van der Waals surface area contributed by atoms with E-state index in [4.69, 9.17) is 0 Å². The topological polar surface area (TPSA) is 116 Å². The molecule has 4 aromatic heterocycles. The lowest BCUT2D eigenvalue weighted by Gasteiger charge is -2.23. The summed E-state index contributed by atoms with van der Waals surface area (Å²) in [5, 5.41) is 14.6. The standard InChI is InChI=1S/C22H20F2N8OS/c1-34(33)22-17(24)8-16(23)21(30-22)31-7-4-13(10-31)18(2-5-25)32-11-14(9-29-32)19-15-3-6-26-20(15)28-12-27-19/h3,6,8-9,11-13,18H,2,4,7,10H2,1H3,(H,26,27,28). The number of nitrogens with zero attached hydrogens (tertiary/aromatic N) is 7. The van der Waals surface area contributed by atoms with Crippen molar-refractivity contribution < 1.29 is 13.0 Å². The Bertz CT molecular complexity index is 1430. The molecule has 0 radical (unpaired) electrons. The zero-order valence-electron chi connectivity index (χ0n) is 18.2. The second-order valence-electron chi connectivity index (χ2n) is 8.13. The van der Waals surface area contributed by atoms with Crippen LogP contribution in [0.4, 0.5) is 14.6 Å². The van der Waals surface area contributed by atoms with E-state index in [1.165, 1.54) is 12.6 Å². The van der Waals surface area contributed by atoms with Crippen molar-refractivity contribution >= 4 is 27.7 Å². The first kappa shape index (κ1) is 22.1. The minimum absolute atomic E-state index is 0.0214. The average Bonchev–Trinajstić information content (AvgIpc) is 3.57. The first-order valence-corrected chi connectivity index (χ1v) is 12.2. The number of nitriles is 1. The summed E-state index contributed by atoms with van der Waals surface area (Å²) in [4.78, 5) is 17.4. The third-order valence-corrected chi connectivity index (χ3v) is 6.92. The fraction of sp³-hybridized carbons (Fsp3) is 0.318. The van der Waals surface area contributed by atoms with E-state index in [0.717, 1.165) is 28.4 Å². The van der Waals surface area contributed by atoms with Crippen molar-refractivity contribution in [1.29, 1.82) is 5.26 Å². The largest absolute Gasteiger partial charge is 0.354 e. The number of pyridine rings is 1. The molecule has 1 N–H and O–H groups in total. The Kier molecular flexibility index (Phi) is 5.79. The van der Waals surface area contributed by atoms with Crippen LogP contribution in [0.1, 0.15) is 18.9 Å². The number of hydrogen-bond acceptors (Lipinski definition) is 7. The maximum Gasteiger partial charge on any atom is 0.168 e. The Morgan fingerprint density at radius 3 is 3.00 bits per heavy atom. The number of aromatic amines is 1. The van der Waals surface area contributed by atoms with Gasteiger partial charge in [0, 0.05) is 54.7 Å². The molecule has 5 rings (SSSR count). The number of aromatic nitrogens is 6. The molecule has 3 atom stereocenters. The van der Waals surface area contributed by atoms with Crippen molar-refractivity contribution in [2.75, 3.05) is 24.2 Å². The van der Waals surface area contributed by atoms with Gasteiger partial charge in [-0.15, -0.1) is 0 Å². The lowest BCUT2D eigenvalue weighted by atomic mass is 9.96. The van der Waals surface area contributed by atoms with Gasteiger partial charge >= 0.3 is 0 Å². The second-order valence-corrected chi connectivity index (χ2v) is 9.43. The van der Waals surface area contributed by atoms with E-state index in [-0.39, 0.29) is 29.2 Å². The van der Waals surface area contributed by atoms with E-state index in [1.54, 1.807) is 22.0 Å². The molecule has 5 heterocycles. The predicted molar refractivity (Wildman–Crippen MR) is 121 cm³/mol. The summed E-state index contributed by atoms with van der Waals surface area (Å²) >= 11 is 0. The van der Waals surface area contributed by atoms with Crippen LogP contribution in [-0.4, -0.2) is 53.3 Å². The van der Waals surface area contributed by atoms with Crippen LogP contribution in [0.2, 0.25) is 0 Å². The third-order valence-electron chi connectivity index (χ3n) is 6.09. The Balaban J connectivity index is 1.41. The zero-order valence-corrected chi connectivity index (χ0v) is 19.0. The molecule has 0 bridgehead atoms. The molecule has 0 spiro atoms. The van der Waals surface area contributed by atoms with E-state index < -0.39 is 22.4 Å². The van der Waals surface area contributed by atoms with Crippen LogP contribution < -0.4 is 4.90 Å². The highest BCUT2D eigenvalue weighted by Gasteiger charge is 2.33. The number of hydrogen-bond donors (Lipinski definition) is 1. The van der Waals surface area contributed by atoms with Gasteiger partial charge in [0.05, 0.1) is 41.2 Å². The van der Waals surface area contributed by atoms with Crippen LogP contribution in [0.3, 0.4) is 0 Å². The molecule has 12 heteroatoms. The molecule has 1 aliphatic heterocycles. The van der Waals surface area contributed by atoms with Crippen LogP contribution >= 0.6 is 0 Å². The minimum atomic E-state index is -1.68. The summed E-state index contributed by atoms with van der Waals surface area (Å²) in [6.07, 6.45) is 9.02. The summed E-state index contributed by atoms with van der Waals surface area (Å²) < 4.78 is 42.0. The summed E-state index contributed by atoms with van der Waals surface area (Å²) in [6, 6.07) is 4.59. The summed E-state index contributed by atoms with van der Waals surface area (Å²) in [5.41, 5.74) is 2.25. The molecule has 1 saturated heterocycles. The van der Waals surface area contributed by atoms with E-state index in [0.29, 0.717) is 19.5 Å². The Labute approximate surface area is 195 Å². The van der Waals surface area contributed by atoms with Gasteiger partial charge in [-0.25, -0.2) is 23.7 Å². The molecule has 0 amide bonds. The number of H-pyrrole nitrogens is 1. The van der Waals surface area contributed by atoms with E-state index in [2.05, 4.69) is 31.1 Å². The van der Waals surface area contributed by atoms with Crippen molar-refractivity contribution in [1.82, 2.24) is 29.7 Å². The first-order valence-electron chi connectivity index (χ1n) is 10.6. The van der Waals surface area contributed by atoms with Gasteiger partial charge in [0.15, 0.2) is 22.5 Å². The van der Waals surface area contributed by atoms with Gasteiger partial charge in [-0.3, -0.25) is 8.89 Å². The van der Waals surface area contributed by atoms with Crippen molar-refractivity contribution in [2.24, 2.45) is 5.92 Å². The smallest absolute Gasteiger partial charge is 0.168 e. The molecule has 1 aliphatic rings. The molecule has 1 fully saturated rings. The summed E-state index contributed by atoms with van der Waals surface area (Å²) in [7, 11) is -1.68. The lowest BCUT2D eigenvalue weighted by molar-refractivity contribution is 0.331. The monoisotopic (exact) mass is 482 g/mol. The van der Waals surface area contributed by atoms with Crippen molar-refractivity contribution in [3.05, 3.63) is 48.7 Å². The van der Waals surface area contributed by atoms with Crippen molar-refractivity contribution in [3.8, 4) is 17.3 Å². The number of halogens is 2. The average molecular weight is 483 g/mol. The van der Waals surface area contributed by atoms with E-state index in [1.807, 2.05) is 12.3 Å². The molecular formula is C22H20F2N8OS. The van der Waals surface area contributed by atoms with Gasteiger partial charge in [-0.05, 0) is 12.5 Å². The number of rotatable bonds is 6. The van der Waals surface area contributed by atoms with Crippen molar-refractivity contribution in [2.45, 2.75) is 23.9 Å². The third kappa shape index (κ3) is 3.92. The maximum absolute atomic E-state index is 14.5. The highest BCUT2D eigenvalue weighted by Crippen LogP contribution is 2.35. The molecular weight excluding hydrogens is 462 g/mol. The van der Waals surface area contributed by atoms with Gasteiger partial charge < -0.3 is 9.88 Å². The maximum atomic E-state index is 14.5. The summed E-state index contributed by atoms with van der Waals surface area (Å²) in [5.74, 6) is -1.77. The van der Waals surface area contributed by atoms with Crippen LogP contribution in [-0.2, 0) is 10.8 Å². The van der Waals surface area contributed by atoms with Gasteiger partial charge in [0.1, 0.15) is 12.0 Å². The number of nitrogens with one attached hydrogen (secondary N) is 1. The second kappa shape index (κ2) is 8.90. The van der Waals surface area contributed by atoms with Crippen molar-refractivity contribution in [3.63, 3.8) is 0 Å². The molecule has 0 saturated carbocycles. The summed E-state index contributed by atoms with van der Waals surface area (Å²) in [6.45, 7) is 0.879. The van der Waals surface area contributed by atoms with E-state index >= 15 is 0 Å². The van der Waals surface area contributed by atoms with Gasteiger partial charge in [-0.2, -0.15) is 10.4 Å². The number of fused-ring (bicyclic) bond motifs is 1. The molecule has 174 valence electrons. The van der Waals surface area contributed by atoms with Crippen LogP contribution in [0, 0.1) is 28.9 Å². The van der Waals surface area contributed by atoms with Crippen LogP contribution in [0.5, 0.6) is 0 Å². The first-order chi connectivity index (χ1) is 16.5. The molecule has 0 aliphatic carbocycles. The van der Waals surface area contributed by atoms with Gasteiger partial charge in [0.2, 0.25) is 0 Å². The highest BCUT2D eigenvalue weighted by atomic mass is 32.2. The lowest BCUT2D eigenvalue weighted by Crippen LogP contribution is -2.26. The Morgan fingerprint density at radius 2 is 2.21 bits per heavy atom. The molecule has 3 unspecified atom stereocenters. The van der Waals surface area contributed by atoms with E-state index in [9.17, 15) is 18.3 Å². The molecule has 9 nitrogen and oxygen atoms in total. The molecule has 0 aromatic carbocycles. The Morgan fingerprint density at radius 1 is 1.35 bits per heavy atom. The predicted octanol–water partition coefficient (Wildman–Crippen LogP) is 3.21. The quantitative estimate of drug-likeness (QED) is 0.449. The fourth-order valence-corrected chi connectivity index (χ4v) is 5.02. The minimum Gasteiger partial charge on any atom is -0.354 e. The molecule has 34 heavy (non-hydrogen) atoms. The van der Waals surface area contributed by atoms with Crippen LogP contribution in [0.25, 0.3) is 22.3 Å². The zero-order chi connectivity index (χ0) is 23.8. The van der Waals surface area contributed by atoms with Gasteiger partial charge in [0.25, 0.3) is 0 Å².